The maximum atomic E-state index is 13.6. The number of amides is 1. The highest BCUT2D eigenvalue weighted by molar-refractivity contribution is 5.91. The Bertz CT molecular complexity index is 1340. The molecule has 1 fully saturated rings. The van der Waals surface area contributed by atoms with Gasteiger partial charge in [0.2, 0.25) is 5.91 Å². The van der Waals surface area contributed by atoms with E-state index in [0.29, 0.717) is 38.4 Å². The number of carbonyl (C=O) groups is 1. The Balaban J connectivity index is 1.33. The minimum Gasteiger partial charge on any atom is -0.359 e. The van der Waals surface area contributed by atoms with Gasteiger partial charge in [0.15, 0.2) is 6.23 Å². The molecule has 1 aromatic heterocycles. The van der Waals surface area contributed by atoms with Crippen LogP contribution in [0.2, 0.25) is 0 Å². The number of nitrogens with zero attached hydrogens (tertiary/aromatic N) is 6. The number of piperazine rings is 1. The van der Waals surface area contributed by atoms with Crippen LogP contribution < -0.4 is 0 Å². The number of rotatable bonds is 5. The predicted octanol–water partition coefficient (Wildman–Crippen LogP) is 3.78. The minimum atomic E-state index is -0.306. The van der Waals surface area contributed by atoms with Crippen molar-refractivity contribution in [3.8, 4) is 16.9 Å². The number of ether oxygens (including phenoxy) is 1. The Hall–Kier alpha value is -3.85. The summed E-state index contributed by atoms with van der Waals surface area (Å²) in [7, 11) is 1.64. The van der Waals surface area contributed by atoms with E-state index in [-0.39, 0.29) is 24.4 Å². The number of imidazole rings is 1. The van der Waals surface area contributed by atoms with Crippen molar-refractivity contribution >= 4 is 18.1 Å². The second kappa shape index (κ2) is 10.6. The number of hydrogen-bond donors (Lipinski definition) is 0. The lowest BCUT2D eigenvalue weighted by Gasteiger charge is -2.37. The molecule has 2 aliphatic rings. The first kappa shape index (κ1) is 24.8. The molecule has 1 saturated heterocycles. The standard InChI is InChI=1S/C28H31FN6O2/c1-19-4-5-21(14-20(19)2)24-17-35(23-8-6-22(29)7-9-23)26(32-24)16-28(36)34-12-10-33(11-13-34)25-15-27(37-3)31-18-30-25/h4-9,14,17-18,27H,10-13,15-16H2,1-3H3. The molecule has 1 amide bonds. The molecule has 0 N–H and O–H groups in total. The largest absolute Gasteiger partial charge is 0.359 e. The van der Waals surface area contributed by atoms with Gasteiger partial charge in [-0.1, -0.05) is 12.1 Å². The minimum absolute atomic E-state index is 0.0159. The fourth-order valence-corrected chi connectivity index (χ4v) is 4.66. The zero-order chi connectivity index (χ0) is 25.9. The van der Waals surface area contributed by atoms with Gasteiger partial charge in [-0.2, -0.15) is 0 Å². The van der Waals surface area contributed by atoms with Crippen molar-refractivity contribution in [1.29, 1.82) is 0 Å². The summed E-state index contributed by atoms with van der Waals surface area (Å²) in [6, 6.07) is 12.5. The van der Waals surface area contributed by atoms with E-state index in [1.807, 2.05) is 21.7 Å². The third-order valence-corrected chi connectivity index (χ3v) is 7.06. The smallest absolute Gasteiger partial charge is 0.230 e. The number of benzene rings is 2. The van der Waals surface area contributed by atoms with Crippen molar-refractivity contribution in [3.63, 3.8) is 0 Å². The van der Waals surface area contributed by atoms with E-state index in [1.54, 1.807) is 25.6 Å². The summed E-state index contributed by atoms with van der Waals surface area (Å²) in [5, 5.41) is 0. The second-order valence-corrected chi connectivity index (χ2v) is 9.44. The van der Waals surface area contributed by atoms with Crippen molar-refractivity contribution in [2.75, 3.05) is 33.3 Å². The molecule has 192 valence electrons. The monoisotopic (exact) mass is 502 g/mol. The van der Waals surface area contributed by atoms with E-state index in [0.717, 1.165) is 22.8 Å². The molecular formula is C28H31FN6O2. The number of aromatic nitrogens is 2. The molecule has 2 aliphatic heterocycles. The van der Waals surface area contributed by atoms with Gasteiger partial charge in [0.05, 0.1) is 18.5 Å². The van der Waals surface area contributed by atoms with Gasteiger partial charge in [-0.3, -0.25) is 4.79 Å². The third kappa shape index (κ3) is 5.46. The Morgan fingerprint density at radius 1 is 1.05 bits per heavy atom. The van der Waals surface area contributed by atoms with Gasteiger partial charge >= 0.3 is 0 Å². The average molecular weight is 503 g/mol. The van der Waals surface area contributed by atoms with Crippen molar-refractivity contribution in [2.45, 2.75) is 32.9 Å². The van der Waals surface area contributed by atoms with Gasteiger partial charge in [-0.15, -0.1) is 0 Å². The number of aryl methyl sites for hydroxylation is 2. The molecule has 0 aliphatic carbocycles. The average Bonchev–Trinajstić information content (AvgIpc) is 3.34. The van der Waals surface area contributed by atoms with Gasteiger partial charge < -0.3 is 19.1 Å². The highest BCUT2D eigenvalue weighted by Gasteiger charge is 2.26. The summed E-state index contributed by atoms with van der Waals surface area (Å²) in [6.45, 7) is 6.76. The lowest BCUT2D eigenvalue weighted by Crippen LogP contribution is -2.51. The van der Waals surface area contributed by atoms with Crippen LogP contribution in [0.15, 0.2) is 58.6 Å². The van der Waals surface area contributed by atoms with E-state index < -0.39 is 0 Å². The van der Waals surface area contributed by atoms with E-state index in [4.69, 9.17) is 9.72 Å². The number of hydrogen-bond acceptors (Lipinski definition) is 6. The Labute approximate surface area is 216 Å². The molecule has 0 saturated carbocycles. The summed E-state index contributed by atoms with van der Waals surface area (Å²) in [4.78, 5) is 30.9. The van der Waals surface area contributed by atoms with Gasteiger partial charge in [0, 0.05) is 50.7 Å². The normalized spacial score (nSPS) is 17.7. The number of halogens is 1. The SMILES string of the molecule is COC1CC(N2CCN(C(=O)Cc3nc(-c4ccc(C)c(C)c4)cn3-c3ccc(F)cc3)CC2)=NC=N1. The van der Waals surface area contributed by atoms with Crippen LogP contribution in [0.25, 0.3) is 16.9 Å². The Kier molecular flexibility index (Phi) is 7.14. The number of aliphatic imine (C=N–C) groups is 2. The van der Waals surface area contributed by atoms with Crippen molar-refractivity contribution in [2.24, 2.45) is 9.98 Å². The summed E-state index contributed by atoms with van der Waals surface area (Å²) in [6.07, 6.45) is 4.06. The first-order chi connectivity index (χ1) is 17.9. The highest BCUT2D eigenvalue weighted by atomic mass is 19.1. The third-order valence-electron chi connectivity index (χ3n) is 7.06. The van der Waals surface area contributed by atoms with Crippen molar-refractivity contribution < 1.29 is 13.9 Å². The molecule has 9 heteroatoms. The van der Waals surface area contributed by atoms with Crippen LogP contribution in [0.3, 0.4) is 0 Å². The number of carbonyl (C=O) groups excluding carboxylic acids is 1. The second-order valence-electron chi connectivity index (χ2n) is 9.44. The molecule has 3 aromatic rings. The quantitative estimate of drug-likeness (QED) is 0.532. The summed E-state index contributed by atoms with van der Waals surface area (Å²) < 4.78 is 20.8. The van der Waals surface area contributed by atoms with E-state index >= 15 is 0 Å². The van der Waals surface area contributed by atoms with Crippen LogP contribution in [0.4, 0.5) is 4.39 Å². The van der Waals surface area contributed by atoms with Crippen molar-refractivity contribution in [1.82, 2.24) is 19.4 Å². The highest BCUT2D eigenvalue weighted by Crippen LogP contribution is 2.25. The topological polar surface area (TPSA) is 75.3 Å². The van der Waals surface area contributed by atoms with E-state index in [1.165, 1.54) is 23.3 Å². The molecule has 8 nitrogen and oxygen atoms in total. The van der Waals surface area contributed by atoms with Crippen LogP contribution in [-0.2, 0) is 16.0 Å². The van der Waals surface area contributed by atoms with Gasteiger partial charge in [0.25, 0.3) is 0 Å². The molecule has 0 spiro atoms. The lowest BCUT2D eigenvalue weighted by atomic mass is 10.0. The fourth-order valence-electron chi connectivity index (χ4n) is 4.66. The predicted molar refractivity (Wildman–Crippen MR) is 142 cm³/mol. The van der Waals surface area contributed by atoms with E-state index in [9.17, 15) is 9.18 Å². The molecule has 0 bridgehead atoms. The lowest BCUT2D eigenvalue weighted by molar-refractivity contribution is -0.131. The molecule has 5 rings (SSSR count). The summed E-state index contributed by atoms with van der Waals surface area (Å²) >= 11 is 0. The van der Waals surface area contributed by atoms with Crippen LogP contribution in [0, 0.1) is 19.7 Å². The summed E-state index contributed by atoms with van der Waals surface area (Å²) in [5.74, 6) is 1.28. The van der Waals surface area contributed by atoms with Gasteiger partial charge in [0.1, 0.15) is 23.8 Å². The van der Waals surface area contributed by atoms with Gasteiger partial charge in [-0.25, -0.2) is 19.4 Å². The fraction of sp³-hybridized carbons (Fsp3) is 0.357. The first-order valence-electron chi connectivity index (χ1n) is 12.5. The molecule has 1 atom stereocenters. The molecule has 37 heavy (non-hydrogen) atoms. The van der Waals surface area contributed by atoms with Crippen LogP contribution in [-0.4, -0.2) is 76.9 Å². The molecular weight excluding hydrogens is 471 g/mol. The zero-order valence-electron chi connectivity index (χ0n) is 21.4. The maximum Gasteiger partial charge on any atom is 0.230 e. The number of methoxy groups -OCH3 is 1. The Morgan fingerprint density at radius 3 is 2.51 bits per heavy atom. The maximum absolute atomic E-state index is 13.6. The molecule has 3 heterocycles. The first-order valence-corrected chi connectivity index (χ1v) is 12.5. The van der Waals surface area contributed by atoms with Crippen LogP contribution >= 0.6 is 0 Å². The van der Waals surface area contributed by atoms with Crippen LogP contribution in [0.1, 0.15) is 23.4 Å². The molecule has 0 radical (unpaired) electrons. The van der Waals surface area contributed by atoms with E-state index in [2.05, 4.69) is 40.9 Å². The van der Waals surface area contributed by atoms with Crippen LogP contribution in [0.5, 0.6) is 0 Å². The molecule has 1 unspecified atom stereocenters. The van der Waals surface area contributed by atoms with Crippen molar-refractivity contribution in [3.05, 3.63) is 71.4 Å². The molecule has 2 aromatic carbocycles. The van der Waals surface area contributed by atoms with Gasteiger partial charge in [-0.05, 0) is 55.3 Å². The Morgan fingerprint density at radius 2 is 1.81 bits per heavy atom. The zero-order valence-corrected chi connectivity index (χ0v) is 21.4. The summed E-state index contributed by atoms with van der Waals surface area (Å²) in [5.41, 5.74) is 4.92. The number of amidine groups is 1.